The van der Waals surface area contributed by atoms with Gasteiger partial charge in [0.2, 0.25) is 6.79 Å². The molecule has 0 spiro atoms. The summed E-state index contributed by atoms with van der Waals surface area (Å²) in [5, 5.41) is 0. The topological polar surface area (TPSA) is 117 Å². The van der Waals surface area contributed by atoms with Crippen LogP contribution in [0.4, 0.5) is 4.79 Å². The SMILES string of the molecule is CC(C(=O)c1ccc2c(c1)OCO2)N(C)C(=O)OCC(C)(C)OC(=O)CN. The molecule has 1 atom stereocenters. The van der Waals surface area contributed by atoms with Gasteiger partial charge in [-0.15, -0.1) is 0 Å². The standard InChI is InChI=1S/C18H24N2O7/c1-11(16(22)12-5-6-13-14(7-12)26-10-25-13)20(4)17(23)24-9-18(2,3)27-15(21)8-19/h5-7,11H,8-10,19H2,1-4H3. The molecule has 0 aliphatic carbocycles. The molecule has 0 bridgehead atoms. The Labute approximate surface area is 157 Å². The van der Waals surface area contributed by atoms with Gasteiger partial charge >= 0.3 is 12.1 Å². The van der Waals surface area contributed by atoms with Gasteiger partial charge in [-0.1, -0.05) is 0 Å². The molecular weight excluding hydrogens is 356 g/mol. The number of benzene rings is 1. The van der Waals surface area contributed by atoms with Crippen LogP contribution in [0.1, 0.15) is 31.1 Å². The Bertz CT molecular complexity index is 732. The molecule has 1 unspecified atom stereocenters. The van der Waals surface area contributed by atoms with Crippen molar-refractivity contribution in [2.24, 2.45) is 5.73 Å². The molecule has 1 aliphatic rings. The van der Waals surface area contributed by atoms with Crippen molar-refractivity contribution in [2.75, 3.05) is 27.0 Å². The zero-order valence-corrected chi connectivity index (χ0v) is 15.8. The molecule has 2 N–H and O–H groups in total. The number of ether oxygens (including phenoxy) is 4. The van der Waals surface area contributed by atoms with Gasteiger partial charge < -0.3 is 29.6 Å². The van der Waals surface area contributed by atoms with Crippen molar-refractivity contribution >= 4 is 17.8 Å². The second-order valence-corrected chi connectivity index (χ2v) is 6.71. The molecule has 0 saturated heterocycles. The number of ketones is 1. The van der Waals surface area contributed by atoms with E-state index < -0.39 is 23.7 Å². The van der Waals surface area contributed by atoms with Gasteiger partial charge in [0.15, 0.2) is 17.3 Å². The molecule has 148 valence electrons. The third-order valence-electron chi connectivity index (χ3n) is 4.01. The van der Waals surface area contributed by atoms with Crippen molar-refractivity contribution in [3.05, 3.63) is 23.8 Å². The van der Waals surface area contributed by atoms with Crippen LogP contribution in [0.15, 0.2) is 18.2 Å². The van der Waals surface area contributed by atoms with Crippen LogP contribution in [0.25, 0.3) is 0 Å². The molecule has 0 aromatic heterocycles. The largest absolute Gasteiger partial charge is 0.455 e. The lowest BCUT2D eigenvalue weighted by atomic mass is 10.0. The van der Waals surface area contributed by atoms with Crippen molar-refractivity contribution in [1.82, 2.24) is 4.90 Å². The van der Waals surface area contributed by atoms with Gasteiger partial charge in [0.1, 0.15) is 12.2 Å². The second-order valence-electron chi connectivity index (χ2n) is 6.71. The molecule has 2 rings (SSSR count). The predicted octanol–water partition coefficient (Wildman–Crippen LogP) is 1.34. The monoisotopic (exact) mass is 380 g/mol. The molecule has 1 heterocycles. The summed E-state index contributed by atoms with van der Waals surface area (Å²) in [5.41, 5.74) is 4.56. The molecule has 9 heteroatoms. The van der Waals surface area contributed by atoms with Crippen molar-refractivity contribution < 1.29 is 33.3 Å². The summed E-state index contributed by atoms with van der Waals surface area (Å²) in [6.07, 6.45) is -0.714. The molecule has 1 aliphatic heterocycles. The minimum Gasteiger partial charge on any atom is -0.455 e. The minimum atomic E-state index is -1.03. The van der Waals surface area contributed by atoms with Crippen molar-refractivity contribution in [3.63, 3.8) is 0 Å². The maximum atomic E-state index is 12.6. The van der Waals surface area contributed by atoms with Crippen LogP contribution in [-0.4, -0.2) is 61.4 Å². The number of esters is 1. The number of carbonyl (C=O) groups is 3. The maximum absolute atomic E-state index is 12.6. The molecule has 27 heavy (non-hydrogen) atoms. The molecule has 1 aromatic carbocycles. The van der Waals surface area contributed by atoms with Gasteiger partial charge in [-0.2, -0.15) is 0 Å². The fourth-order valence-electron chi connectivity index (χ4n) is 2.34. The normalized spacial score (nSPS) is 13.7. The quantitative estimate of drug-likeness (QED) is 0.556. The highest BCUT2D eigenvalue weighted by Crippen LogP contribution is 2.33. The Hall–Kier alpha value is -2.81. The van der Waals surface area contributed by atoms with E-state index in [-0.39, 0.29) is 25.7 Å². The van der Waals surface area contributed by atoms with Crippen LogP contribution in [0.5, 0.6) is 11.5 Å². The molecule has 0 saturated carbocycles. The van der Waals surface area contributed by atoms with E-state index >= 15 is 0 Å². The number of hydrogen-bond acceptors (Lipinski definition) is 8. The Morgan fingerprint density at radius 1 is 1.26 bits per heavy atom. The van der Waals surface area contributed by atoms with Crippen LogP contribution in [0.2, 0.25) is 0 Å². The molecular formula is C18H24N2O7. The minimum absolute atomic E-state index is 0.110. The first kappa shape index (κ1) is 20.5. The number of amides is 1. The number of likely N-dealkylation sites (N-methyl/N-ethyl adjacent to an activating group) is 1. The van der Waals surface area contributed by atoms with Crippen LogP contribution < -0.4 is 15.2 Å². The van der Waals surface area contributed by atoms with Gasteiger partial charge in [0.05, 0.1) is 12.6 Å². The summed E-state index contributed by atoms with van der Waals surface area (Å²) < 4.78 is 20.7. The van der Waals surface area contributed by atoms with Crippen molar-refractivity contribution in [3.8, 4) is 11.5 Å². The number of nitrogens with zero attached hydrogens (tertiary/aromatic N) is 1. The number of rotatable bonds is 7. The summed E-state index contributed by atoms with van der Waals surface area (Å²) in [6, 6.07) is 4.07. The summed E-state index contributed by atoms with van der Waals surface area (Å²) >= 11 is 0. The van der Waals surface area contributed by atoms with Crippen LogP contribution in [0.3, 0.4) is 0 Å². The molecule has 9 nitrogen and oxygen atoms in total. The second kappa shape index (κ2) is 8.26. The predicted molar refractivity (Wildman–Crippen MR) is 94.7 cm³/mol. The number of nitrogens with two attached hydrogens (primary N) is 1. The van der Waals surface area contributed by atoms with Crippen LogP contribution >= 0.6 is 0 Å². The fraction of sp³-hybridized carbons (Fsp3) is 0.500. The third kappa shape index (κ3) is 5.10. The van der Waals surface area contributed by atoms with E-state index in [2.05, 4.69) is 0 Å². The Balaban J connectivity index is 1.95. The van der Waals surface area contributed by atoms with Gasteiger partial charge in [-0.3, -0.25) is 9.59 Å². The van der Waals surface area contributed by atoms with Crippen molar-refractivity contribution in [2.45, 2.75) is 32.4 Å². The Morgan fingerprint density at radius 3 is 2.59 bits per heavy atom. The first-order valence-corrected chi connectivity index (χ1v) is 8.40. The number of carbonyl (C=O) groups excluding carboxylic acids is 3. The molecule has 0 fully saturated rings. The first-order valence-electron chi connectivity index (χ1n) is 8.40. The van der Waals surface area contributed by atoms with Gasteiger partial charge in [-0.05, 0) is 39.0 Å². The summed E-state index contributed by atoms with van der Waals surface area (Å²) in [6.45, 7) is 4.45. The fourth-order valence-corrected chi connectivity index (χ4v) is 2.34. The highest BCUT2D eigenvalue weighted by molar-refractivity contribution is 6.01. The molecule has 0 radical (unpaired) electrons. The first-order chi connectivity index (χ1) is 12.6. The third-order valence-corrected chi connectivity index (χ3v) is 4.01. The van der Waals surface area contributed by atoms with Gasteiger partial charge in [0.25, 0.3) is 0 Å². The zero-order chi connectivity index (χ0) is 20.2. The van der Waals surface area contributed by atoms with Gasteiger partial charge in [0, 0.05) is 12.6 Å². The Morgan fingerprint density at radius 2 is 1.93 bits per heavy atom. The van der Waals surface area contributed by atoms with E-state index in [1.54, 1.807) is 39.0 Å². The number of hydrogen-bond donors (Lipinski definition) is 1. The van der Waals surface area contributed by atoms with E-state index in [1.165, 1.54) is 11.9 Å². The Kier molecular flexibility index (Phi) is 6.27. The summed E-state index contributed by atoms with van der Waals surface area (Å²) in [7, 11) is 1.46. The van der Waals surface area contributed by atoms with Crippen LogP contribution in [-0.2, 0) is 14.3 Å². The average Bonchev–Trinajstić information content (AvgIpc) is 3.11. The zero-order valence-electron chi connectivity index (χ0n) is 15.8. The summed E-state index contributed by atoms with van der Waals surface area (Å²) in [4.78, 5) is 37.4. The number of fused-ring (bicyclic) bond motifs is 1. The number of Topliss-reactive ketones (excluding diaryl/α,β-unsaturated/α-hetero) is 1. The smallest absolute Gasteiger partial charge is 0.410 e. The lowest BCUT2D eigenvalue weighted by Gasteiger charge is -2.27. The van der Waals surface area contributed by atoms with E-state index in [4.69, 9.17) is 24.7 Å². The molecule has 1 aromatic rings. The highest BCUT2D eigenvalue weighted by Gasteiger charge is 2.29. The lowest BCUT2D eigenvalue weighted by Crippen LogP contribution is -2.43. The maximum Gasteiger partial charge on any atom is 0.410 e. The summed E-state index contributed by atoms with van der Waals surface area (Å²) in [5.74, 6) is 0.181. The highest BCUT2D eigenvalue weighted by atomic mass is 16.7. The van der Waals surface area contributed by atoms with E-state index in [0.29, 0.717) is 17.1 Å². The molecule has 1 amide bonds. The van der Waals surface area contributed by atoms with Crippen LogP contribution in [0, 0.1) is 0 Å². The van der Waals surface area contributed by atoms with Gasteiger partial charge in [-0.25, -0.2) is 4.79 Å². The van der Waals surface area contributed by atoms with E-state index in [1.807, 2.05) is 0 Å². The lowest BCUT2D eigenvalue weighted by molar-refractivity contribution is -0.158. The van der Waals surface area contributed by atoms with E-state index in [9.17, 15) is 14.4 Å². The van der Waals surface area contributed by atoms with E-state index in [0.717, 1.165) is 0 Å². The average molecular weight is 380 g/mol. The van der Waals surface area contributed by atoms with Crippen molar-refractivity contribution in [1.29, 1.82) is 0 Å².